The molecule has 4 nitrogen and oxygen atoms in total. The minimum atomic E-state index is 0.785. The molecular formula is C16H22N2O2. The molecule has 2 aromatic rings. The normalized spacial score (nSPS) is 10.3. The first-order valence-corrected chi connectivity index (χ1v) is 6.86. The third kappa shape index (κ3) is 3.70. The molecule has 1 aromatic heterocycles. The van der Waals surface area contributed by atoms with Crippen molar-refractivity contribution in [2.45, 2.75) is 26.4 Å². The summed E-state index contributed by atoms with van der Waals surface area (Å²) >= 11 is 0. The maximum absolute atomic E-state index is 5.26. The largest absolute Gasteiger partial charge is 0.497 e. The number of hydrogen-bond acceptors (Lipinski definition) is 3. The average Bonchev–Trinajstić information content (AvgIpc) is 2.93. The number of benzene rings is 1. The summed E-state index contributed by atoms with van der Waals surface area (Å²) < 4.78 is 12.7. The maximum Gasteiger partial charge on any atom is 0.124 e. The van der Waals surface area contributed by atoms with Crippen LogP contribution < -0.4 is 14.8 Å². The Morgan fingerprint density at radius 2 is 1.80 bits per heavy atom. The zero-order valence-corrected chi connectivity index (χ0v) is 12.3. The van der Waals surface area contributed by atoms with Crippen LogP contribution in [0.3, 0.4) is 0 Å². The number of nitrogens with one attached hydrogen (secondary N) is 1. The van der Waals surface area contributed by atoms with Gasteiger partial charge in [0.1, 0.15) is 11.5 Å². The van der Waals surface area contributed by atoms with Crippen molar-refractivity contribution in [1.82, 2.24) is 4.57 Å². The third-order valence-corrected chi connectivity index (χ3v) is 3.14. The molecule has 0 spiro atoms. The minimum Gasteiger partial charge on any atom is -0.497 e. The zero-order valence-electron chi connectivity index (χ0n) is 12.3. The molecule has 1 heterocycles. The van der Waals surface area contributed by atoms with Crippen LogP contribution in [0.5, 0.6) is 11.5 Å². The van der Waals surface area contributed by atoms with Gasteiger partial charge in [0.25, 0.3) is 0 Å². The van der Waals surface area contributed by atoms with Crippen molar-refractivity contribution in [3.05, 3.63) is 42.2 Å². The molecule has 0 fully saturated rings. The molecule has 2 rings (SSSR count). The van der Waals surface area contributed by atoms with E-state index in [2.05, 4.69) is 35.3 Å². The van der Waals surface area contributed by atoms with Gasteiger partial charge in [-0.3, -0.25) is 0 Å². The Balaban J connectivity index is 2.02. The standard InChI is InChI=1S/C16H22N2O2/c1-4-6-18-7-5-13(12-18)11-17-14-8-15(19-2)10-16(9-14)20-3/h5,7-10,12,17H,4,6,11H2,1-3H3. The summed E-state index contributed by atoms with van der Waals surface area (Å²) in [5, 5.41) is 3.39. The van der Waals surface area contributed by atoms with Crippen LogP contribution in [-0.4, -0.2) is 18.8 Å². The fraction of sp³-hybridized carbons (Fsp3) is 0.375. The number of aryl methyl sites for hydroxylation is 1. The molecule has 1 N–H and O–H groups in total. The van der Waals surface area contributed by atoms with Crippen molar-refractivity contribution in [2.75, 3.05) is 19.5 Å². The molecule has 20 heavy (non-hydrogen) atoms. The summed E-state index contributed by atoms with van der Waals surface area (Å²) in [5.74, 6) is 1.57. The average molecular weight is 274 g/mol. The van der Waals surface area contributed by atoms with Crippen LogP contribution in [0.2, 0.25) is 0 Å². The predicted octanol–water partition coefficient (Wildman–Crippen LogP) is 3.53. The Labute approximate surface area is 120 Å². The number of aromatic nitrogens is 1. The predicted molar refractivity (Wildman–Crippen MR) is 81.6 cm³/mol. The zero-order chi connectivity index (χ0) is 14.4. The molecule has 0 unspecified atom stereocenters. The van der Waals surface area contributed by atoms with Gasteiger partial charge in [-0.05, 0) is 18.1 Å². The summed E-state index contributed by atoms with van der Waals surface area (Å²) in [6, 6.07) is 7.93. The Morgan fingerprint density at radius 3 is 2.40 bits per heavy atom. The highest BCUT2D eigenvalue weighted by Crippen LogP contribution is 2.26. The van der Waals surface area contributed by atoms with Crippen LogP contribution in [0.15, 0.2) is 36.7 Å². The van der Waals surface area contributed by atoms with Gasteiger partial charge in [-0.2, -0.15) is 0 Å². The number of rotatable bonds is 7. The van der Waals surface area contributed by atoms with Crippen LogP contribution in [0, 0.1) is 0 Å². The first-order chi connectivity index (χ1) is 9.75. The van der Waals surface area contributed by atoms with Crippen molar-refractivity contribution < 1.29 is 9.47 Å². The highest BCUT2D eigenvalue weighted by atomic mass is 16.5. The van der Waals surface area contributed by atoms with E-state index in [1.807, 2.05) is 18.2 Å². The van der Waals surface area contributed by atoms with Gasteiger partial charge in [0, 0.05) is 49.4 Å². The van der Waals surface area contributed by atoms with Gasteiger partial charge >= 0.3 is 0 Å². The Bertz CT molecular complexity index is 527. The highest BCUT2D eigenvalue weighted by Gasteiger charge is 2.02. The van der Waals surface area contributed by atoms with Gasteiger partial charge in [0.15, 0.2) is 0 Å². The molecule has 1 aromatic carbocycles. The van der Waals surface area contributed by atoms with Crippen LogP contribution in [0.25, 0.3) is 0 Å². The Morgan fingerprint density at radius 1 is 1.10 bits per heavy atom. The molecule has 108 valence electrons. The molecule has 0 aliphatic carbocycles. The Kier molecular flexibility index (Phi) is 4.93. The van der Waals surface area contributed by atoms with Crippen molar-refractivity contribution in [3.8, 4) is 11.5 Å². The summed E-state index contributed by atoms with van der Waals surface area (Å²) in [4.78, 5) is 0. The molecule has 0 aliphatic rings. The summed E-state index contributed by atoms with van der Waals surface area (Å²) in [6.07, 6.45) is 5.44. The van der Waals surface area contributed by atoms with E-state index in [1.165, 1.54) is 5.56 Å². The molecule has 4 heteroatoms. The topological polar surface area (TPSA) is 35.4 Å². The number of methoxy groups -OCH3 is 2. The highest BCUT2D eigenvalue weighted by molar-refractivity contribution is 5.53. The smallest absolute Gasteiger partial charge is 0.124 e. The second-order valence-corrected chi connectivity index (χ2v) is 4.71. The lowest BCUT2D eigenvalue weighted by Crippen LogP contribution is -2.00. The summed E-state index contributed by atoms with van der Waals surface area (Å²) in [7, 11) is 3.31. The lowest BCUT2D eigenvalue weighted by Gasteiger charge is -2.10. The molecule has 0 bridgehead atoms. The second kappa shape index (κ2) is 6.89. The van der Waals surface area contributed by atoms with Crippen LogP contribution >= 0.6 is 0 Å². The van der Waals surface area contributed by atoms with Crippen LogP contribution in [-0.2, 0) is 13.1 Å². The number of anilines is 1. The lowest BCUT2D eigenvalue weighted by atomic mass is 10.2. The third-order valence-electron chi connectivity index (χ3n) is 3.14. The van der Waals surface area contributed by atoms with Gasteiger partial charge in [-0.1, -0.05) is 6.92 Å². The van der Waals surface area contributed by atoms with E-state index in [0.717, 1.165) is 36.7 Å². The van der Waals surface area contributed by atoms with Gasteiger partial charge in [0.05, 0.1) is 14.2 Å². The van der Waals surface area contributed by atoms with E-state index >= 15 is 0 Å². The monoisotopic (exact) mass is 274 g/mol. The molecule has 0 amide bonds. The maximum atomic E-state index is 5.26. The van der Waals surface area contributed by atoms with E-state index in [-0.39, 0.29) is 0 Å². The first kappa shape index (κ1) is 14.3. The molecule has 0 saturated carbocycles. The number of nitrogens with zero attached hydrogens (tertiary/aromatic N) is 1. The molecule has 0 atom stereocenters. The van der Waals surface area contributed by atoms with Crippen LogP contribution in [0.4, 0.5) is 5.69 Å². The van der Waals surface area contributed by atoms with E-state index in [1.54, 1.807) is 14.2 Å². The van der Waals surface area contributed by atoms with Gasteiger partial charge in [0.2, 0.25) is 0 Å². The molecule has 0 aliphatic heterocycles. The van der Waals surface area contributed by atoms with E-state index < -0.39 is 0 Å². The van der Waals surface area contributed by atoms with E-state index in [0.29, 0.717) is 0 Å². The van der Waals surface area contributed by atoms with Gasteiger partial charge < -0.3 is 19.4 Å². The quantitative estimate of drug-likeness (QED) is 0.839. The fourth-order valence-electron chi connectivity index (χ4n) is 2.11. The van der Waals surface area contributed by atoms with Crippen molar-refractivity contribution in [2.24, 2.45) is 0 Å². The number of hydrogen-bond donors (Lipinski definition) is 1. The first-order valence-electron chi connectivity index (χ1n) is 6.86. The fourth-order valence-corrected chi connectivity index (χ4v) is 2.11. The second-order valence-electron chi connectivity index (χ2n) is 4.71. The van der Waals surface area contributed by atoms with Crippen molar-refractivity contribution in [3.63, 3.8) is 0 Å². The van der Waals surface area contributed by atoms with E-state index in [4.69, 9.17) is 9.47 Å². The summed E-state index contributed by atoms with van der Waals surface area (Å²) in [6.45, 7) is 4.03. The van der Waals surface area contributed by atoms with Crippen molar-refractivity contribution in [1.29, 1.82) is 0 Å². The molecular weight excluding hydrogens is 252 g/mol. The summed E-state index contributed by atoms with van der Waals surface area (Å²) in [5.41, 5.74) is 2.25. The lowest BCUT2D eigenvalue weighted by molar-refractivity contribution is 0.394. The minimum absolute atomic E-state index is 0.785. The SMILES string of the molecule is CCCn1ccc(CNc2cc(OC)cc(OC)c2)c1. The number of ether oxygens (including phenoxy) is 2. The van der Waals surface area contributed by atoms with Crippen LogP contribution in [0.1, 0.15) is 18.9 Å². The van der Waals surface area contributed by atoms with Crippen molar-refractivity contribution >= 4 is 5.69 Å². The molecule has 0 saturated heterocycles. The van der Waals surface area contributed by atoms with E-state index in [9.17, 15) is 0 Å². The van der Waals surface area contributed by atoms with Gasteiger partial charge in [-0.25, -0.2) is 0 Å². The van der Waals surface area contributed by atoms with Gasteiger partial charge in [-0.15, -0.1) is 0 Å². The Hall–Kier alpha value is -2.10. The molecule has 0 radical (unpaired) electrons.